The number of piperidine rings is 1. The number of hydrogen-bond acceptors (Lipinski definition) is 2. The molecular formula is C16H23FN2O. The van der Waals surface area contributed by atoms with Crippen LogP contribution in [0.4, 0.5) is 4.39 Å². The normalized spacial score (nSPS) is 17.1. The molecule has 0 bridgehead atoms. The van der Waals surface area contributed by atoms with E-state index in [1.54, 1.807) is 24.0 Å². The lowest BCUT2D eigenvalue weighted by atomic mass is 9.96. The number of rotatable bonds is 4. The van der Waals surface area contributed by atoms with E-state index in [9.17, 15) is 9.18 Å². The van der Waals surface area contributed by atoms with Crippen LogP contribution >= 0.6 is 0 Å². The first kappa shape index (κ1) is 15.0. The Labute approximate surface area is 120 Å². The summed E-state index contributed by atoms with van der Waals surface area (Å²) in [7, 11) is 1.86. The molecule has 0 spiro atoms. The van der Waals surface area contributed by atoms with Gasteiger partial charge in [0.15, 0.2) is 0 Å². The molecule has 0 atom stereocenters. The predicted molar refractivity (Wildman–Crippen MR) is 77.7 cm³/mol. The molecule has 110 valence electrons. The first-order chi connectivity index (χ1) is 9.54. The molecule has 1 saturated heterocycles. The van der Waals surface area contributed by atoms with Gasteiger partial charge >= 0.3 is 0 Å². The molecule has 1 aliphatic heterocycles. The third-order valence-corrected chi connectivity index (χ3v) is 4.07. The molecule has 0 unspecified atom stereocenters. The smallest absolute Gasteiger partial charge is 0.219 e. The summed E-state index contributed by atoms with van der Waals surface area (Å²) in [6, 6.07) is 6.82. The molecule has 4 heteroatoms. The molecule has 1 aromatic rings. The average Bonchev–Trinajstić information content (AvgIpc) is 2.41. The third-order valence-electron chi connectivity index (χ3n) is 4.07. The summed E-state index contributed by atoms with van der Waals surface area (Å²) < 4.78 is 13.1. The van der Waals surface area contributed by atoms with E-state index in [-0.39, 0.29) is 11.7 Å². The summed E-state index contributed by atoms with van der Waals surface area (Å²) in [6.45, 7) is 5.31. The minimum absolute atomic E-state index is 0.132. The van der Waals surface area contributed by atoms with Crippen molar-refractivity contribution < 1.29 is 9.18 Å². The molecule has 1 fully saturated rings. The number of halogens is 1. The van der Waals surface area contributed by atoms with Crippen LogP contribution in [0.15, 0.2) is 24.3 Å². The molecule has 0 aliphatic carbocycles. The molecule has 3 nitrogen and oxygen atoms in total. The second-order valence-corrected chi connectivity index (χ2v) is 5.75. The second kappa shape index (κ2) is 6.84. The predicted octanol–water partition coefficient (Wildman–Crippen LogP) is 2.52. The number of hydrogen-bond donors (Lipinski definition) is 0. The van der Waals surface area contributed by atoms with Crippen LogP contribution in [0, 0.1) is 11.7 Å². The van der Waals surface area contributed by atoms with Crippen molar-refractivity contribution in [2.24, 2.45) is 5.92 Å². The summed E-state index contributed by atoms with van der Waals surface area (Å²) in [6.07, 6.45) is 2.21. The van der Waals surface area contributed by atoms with Crippen molar-refractivity contribution in [1.29, 1.82) is 0 Å². The first-order valence-corrected chi connectivity index (χ1v) is 7.23. The van der Waals surface area contributed by atoms with E-state index in [0.29, 0.717) is 5.92 Å². The molecule has 1 aromatic carbocycles. The number of nitrogens with zero attached hydrogens (tertiary/aromatic N) is 2. The Balaban J connectivity index is 1.78. The lowest BCUT2D eigenvalue weighted by Crippen LogP contribution is -2.38. The standard InChI is InChI=1S/C16H23FN2O/c1-13(20)18(2)11-14-6-8-19(9-7-14)12-15-4-3-5-16(17)10-15/h3-5,10,14H,6-9,11-12H2,1-2H3. The highest BCUT2D eigenvalue weighted by molar-refractivity contribution is 5.72. The van der Waals surface area contributed by atoms with Crippen molar-refractivity contribution >= 4 is 5.91 Å². The summed E-state index contributed by atoms with van der Waals surface area (Å²) in [5.41, 5.74) is 1.03. The van der Waals surface area contributed by atoms with E-state index in [1.165, 1.54) is 6.07 Å². The lowest BCUT2D eigenvalue weighted by Gasteiger charge is -2.33. The van der Waals surface area contributed by atoms with E-state index in [0.717, 1.165) is 44.6 Å². The highest BCUT2D eigenvalue weighted by atomic mass is 19.1. The number of carbonyl (C=O) groups is 1. The maximum Gasteiger partial charge on any atom is 0.219 e. The summed E-state index contributed by atoms with van der Waals surface area (Å²) in [5.74, 6) is 0.556. The van der Waals surface area contributed by atoms with E-state index < -0.39 is 0 Å². The fourth-order valence-electron chi connectivity index (χ4n) is 2.74. The van der Waals surface area contributed by atoms with Gasteiger partial charge in [0.1, 0.15) is 5.82 Å². The molecule has 1 heterocycles. The van der Waals surface area contributed by atoms with Gasteiger partial charge in [0.05, 0.1) is 0 Å². The van der Waals surface area contributed by atoms with Crippen molar-refractivity contribution in [3.63, 3.8) is 0 Å². The van der Waals surface area contributed by atoms with E-state index in [1.807, 2.05) is 13.1 Å². The van der Waals surface area contributed by atoms with Crippen molar-refractivity contribution in [3.8, 4) is 0 Å². The topological polar surface area (TPSA) is 23.6 Å². The van der Waals surface area contributed by atoms with Crippen LogP contribution < -0.4 is 0 Å². The average molecular weight is 278 g/mol. The monoisotopic (exact) mass is 278 g/mol. The van der Waals surface area contributed by atoms with Gasteiger partial charge in [0, 0.05) is 27.1 Å². The van der Waals surface area contributed by atoms with Crippen LogP contribution in [0.2, 0.25) is 0 Å². The van der Waals surface area contributed by atoms with Crippen LogP contribution in [-0.2, 0) is 11.3 Å². The van der Waals surface area contributed by atoms with Crippen molar-refractivity contribution in [2.75, 3.05) is 26.7 Å². The van der Waals surface area contributed by atoms with Gasteiger partial charge in [0.2, 0.25) is 5.91 Å². The molecule has 1 aliphatic rings. The van der Waals surface area contributed by atoms with Crippen molar-refractivity contribution in [3.05, 3.63) is 35.6 Å². The second-order valence-electron chi connectivity index (χ2n) is 5.75. The Hall–Kier alpha value is -1.42. The zero-order valence-electron chi connectivity index (χ0n) is 12.3. The van der Waals surface area contributed by atoms with E-state index in [2.05, 4.69) is 4.90 Å². The van der Waals surface area contributed by atoms with Gasteiger partial charge in [-0.1, -0.05) is 12.1 Å². The fraction of sp³-hybridized carbons (Fsp3) is 0.562. The summed E-state index contributed by atoms with van der Waals surface area (Å²) in [4.78, 5) is 15.4. The molecule has 0 N–H and O–H groups in total. The molecular weight excluding hydrogens is 255 g/mol. The first-order valence-electron chi connectivity index (χ1n) is 7.23. The number of amides is 1. The van der Waals surface area contributed by atoms with Crippen LogP contribution in [0.25, 0.3) is 0 Å². The zero-order chi connectivity index (χ0) is 14.5. The Morgan fingerprint density at radius 2 is 2.10 bits per heavy atom. The molecule has 0 radical (unpaired) electrons. The number of likely N-dealkylation sites (tertiary alicyclic amines) is 1. The van der Waals surface area contributed by atoms with E-state index in [4.69, 9.17) is 0 Å². The van der Waals surface area contributed by atoms with Gasteiger partial charge in [-0.05, 0) is 49.5 Å². The SMILES string of the molecule is CC(=O)N(C)CC1CCN(Cc2cccc(F)c2)CC1. The van der Waals surface area contributed by atoms with Crippen LogP contribution in [0.5, 0.6) is 0 Å². The number of carbonyl (C=O) groups excluding carboxylic acids is 1. The summed E-state index contributed by atoms with van der Waals surface area (Å²) >= 11 is 0. The van der Waals surface area contributed by atoms with Gasteiger partial charge in [-0.3, -0.25) is 9.69 Å². The molecule has 0 saturated carbocycles. The number of benzene rings is 1. The Bertz CT molecular complexity index is 456. The molecule has 0 aromatic heterocycles. The Morgan fingerprint density at radius 1 is 1.40 bits per heavy atom. The van der Waals surface area contributed by atoms with E-state index >= 15 is 0 Å². The molecule has 20 heavy (non-hydrogen) atoms. The Kier molecular flexibility index (Phi) is 5.12. The van der Waals surface area contributed by atoms with Crippen LogP contribution in [0.3, 0.4) is 0 Å². The van der Waals surface area contributed by atoms with Gasteiger partial charge in [-0.25, -0.2) is 4.39 Å². The highest BCUT2D eigenvalue weighted by Crippen LogP contribution is 2.20. The maximum atomic E-state index is 13.1. The Morgan fingerprint density at radius 3 is 2.70 bits per heavy atom. The third kappa shape index (κ3) is 4.30. The van der Waals surface area contributed by atoms with Crippen LogP contribution in [0.1, 0.15) is 25.3 Å². The van der Waals surface area contributed by atoms with Gasteiger partial charge in [0.25, 0.3) is 0 Å². The minimum atomic E-state index is -0.166. The quantitative estimate of drug-likeness (QED) is 0.845. The minimum Gasteiger partial charge on any atom is -0.346 e. The van der Waals surface area contributed by atoms with Gasteiger partial charge in [-0.2, -0.15) is 0 Å². The summed E-state index contributed by atoms with van der Waals surface area (Å²) in [5, 5.41) is 0. The zero-order valence-corrected chi connectivity index (χ0v) is 12.3. The van der Waals surface area contributed by atoms with Crippen molar-refractivity contribution in [1.82, 2.24) is 9.80 Å². The molecule has 2 rings (SSSR count). The largest absolute Gasteiger partial charge is 0.346 e. The fourth-order valence-corrected chi connectivity index (χ4v) is 2.74. The van der Waals surface area contributed by atoms with Crippen LogP contribution in [-0.4, -0.2) is 42.4 Å². The lowest BCUT2D eigenvalue weighted by molar-refractivity contribution is -0.128. The molecule has 1 amide bonds. The van der Waals surface area contributed by atoms with Gasteiger partial charge in [-0.15, -0.1) is 0 Å². The van der Waals surface area contributed by atoms with Crippen molar-refractivity contribution in [2.45, 2.75) is 26.3 Å². The van der Waals surface area contributed by atoms with Gasteiger partial charge < -0.3 is 4.90 Å². The maximum absolute atomic E-state index is 13.1. The highest BCUT2D eigenvalue weighted by Gasteiger charge is 2.21.